The summed E-state index contributed by atoms with van der Waals surface area (Å²) in [5.41, 5.74) is 2.73. The van der Waals surface area contributed by atoms with Crippen LogP contribution in [0.25, 0.3) is 0 Å². The molecule has 2 N–H and O–H groups in total. The number of carbonyl (C=O) groups excluding carboxylic acids is 1. The number of fused-ring (bicyclic) bond motifs is 1. The van der Waals surface area contributed by atoms with Gasteiger partial charge >= 0.3 is 0 Å². The first-order valence-corrected chi connectivity index (χ1v) is 4.00. The van der Waals surface area contributed by atoms with Crippen LogP contribution < -0.4 is 10.7 Å². The van der Waals surface area contributed by atoms with E-state index in [1.54, 1.807) is 4.90 Å². The summed E-state index contributed by atoms with van der Waals surface area (Å²) in [6.07, 6.45) is -0.0969. The summed E-state index contributed by atoms with van der Waals surface area (Å²) >= 11 is 0. The van der Waals surface area contributed by atoms with Crippen LogP contribution in [0.3, 0.4) is 0 Å². The van der Waals surface area contributed by atoms with Gasteiger partial charge in [-0.05, 0) is 6.92 Å². The maximum Gasteiger partial charge on any atom is 0.254 e. The first-order valence-electron chi connectivity index (χ1n) is 4.00. The summed E-state index contributed by atoms with van der Waals surface area (Å²) in [5, 5.41) is 10.5. The smallest absolute Gasteiger partial charge is 0.254 e. The van der Waals surface area contributed by atoms with Gasteiger partial charge in [0.25, 0.3) is 5.91 Å². The average molecular weight is 169 g/mol. The predicted molar refractivity (Wildman–Crippen MR) is 41.0 cm³/mol. The van der Waals surface area contributed by atoms with Crippen LogP contribution in [0.4, 0.5) is 0 Å². The SMILES string of the molecule is CCN1CNC2NN=NC2C1=O. The van der Waals surface area contributed by atoms with Gasteiger partial charge in [0, 0.05) is 6.54 Å². The van der Waals surface area contributed by atoms with E-state index in [1.165, 1.54) is 0 Å². The molecular formula is C6H11N5O. The van der Waals surface area contributed by atoms with E-state index in [1.807, 2.05) is 6.92 Å². The molecule has 6 heteroatoms. The van der Waals surface area contributed by atoms with E-state index in [-0.39, 0.29) is 18.1 Å². The Morgan fingerprint density at radius 2 is 2.58 bits per heavy atom. The highest BCUT2D eigenvalue weighted by Gasteiger charge is 2.38. The molecule has 1 amide bonds. The maximum absolute atomic E-state index is 11.5. The number of rotatable bonds is 1. The lowest BCUT2D eigenvalue weighted by Gasteiger charge is -2.32. The average Bonchev–Trinajstić information content (AvgIpc) is 2.53. The van der Waals surface area contributed by atoms with Crippen LogP contribution in [-0.2, 0) is 4.79 Å². The third-order valence-corrected chi connectivity index (χ3v) is 2.14. The normalized spacial score (nSPS) is 33.4. The zero-order valence-electron chi connectivity index (χ0n) is 6.82. The van der Waals surface area contributed by atoms with Crippen LogP contribution in [-0.4, -0.2) is 36.2 Å². The van der Waals surface area contributed by atoms with Crippen molar-refractivity contribution < 1.29 is 4.79 Å². The van der Waals surface area contributed by atoms with Gasteiger partial charge in [-0.3, -0.25) is 15.5 Å². The highest BCUT2D eigenvalue weighted by Crippen LogP contribution is 2.12. The Morgan fingerprint density at radius 1 is 1.75 bits per heavy atom. The van der Waals surface area contributed by atoms with Crippen LogP contribution in [0.15, 0.2) is 10.3 Å². The van der Waals surface area contributed by atoms with Crippen molar-refractivity contribution in [2.75, 3.05) is 13.2 Å². The van der Waals surface area contributed by atoms with Crippen molar-refractivity contribution in [3.8, 4) is 0 Å². The lowest BCUT2D eigenvalue weighted by molar-refractivity contribution is -0.136. The number of carbonyl (C=O) groups is 1. The molecule has 2 rings (SSSR count). The molecule has 0 aliphatic carbocycles. The summed E-state index contributed by atoms with van der Waals surface area (Å²) < 4.78 is 0. The topological polar surface area (TPSA) is 69.1 Å². The van der Waals surface area contributed by atoms with Crippen molar-refractivity contribution in [3.05, 3.63) is 0 Å². The summed E-state index contributed by atoms with van der Waals surface area (Å²) in [7, 11) is 0. The first-order chi connectivity index (χ1) is 5.83. The molecule has 0 aromatic carbocycles. The fourth-order valence-electron chi connectivity index (χ4n) is 1.39. The zero-order chi connectivity index (χ0) is 8.55. The molecule has 2 heterocycles. The van der Waals surface area contributed by atoms with Crippen LogP contribution in [0.2, 0.25) is 0 Å². The number of amides is 1. The molecule has 1 saturated heterocycles. The molecule has 2 unspecified atom stereocenters. The van der Waals surface area contributed by atoms with E-state index >= 15 is 0 Å². The minimum Gasteiger partial charge on any atom is -0.328 e. The minimum atomic E-state index is -0.362. The highest BCUT2D eigenvalue weighted by atomic mass is 16.2. The fourth-order valence-corrected chi connectivity index (χ4v) is 1.39. The Hall–Kier alpha value is -1.17. The van der Waals surface area contributed by atoms with Gasteiger partial charge in [0.15, 0.2) is 6.04 Å². The van der Waals surface area contributed by atoms with Crippen molar-refractivity contribution in [2.45, 2.75) is 19.1 Å². The van der Waals surface area contributed by atoms with Crippen LogP contribution >= 0.6 is 0 Å². The van der Waals surface area contributed by atoms with E-state index < -0.39 is 0 Å². The summed E-state index contributed by atoms with van der Waals surface area (Å²) in [5.74, 6) is 0.0509. The van der Waals surface area contributed by atoms with E-state index in [2.05, 4.69) is 21.1 Å². The number of likely N-dealkylation sites (N-methyl/N-ethyl adjacent to an activating group) is 1. The van der Waals surface area contributed by atoms with Crippen molar-refractivity contribution in [1.29, 1.82) is 0 Å². The molecule has 0 spiro atoms. The number of nitrogens with zero attached hydrogens (tertiary/aromatic N) is 3. The zero-order valence-corrected chi connectivity index (χ0v) is 6.82. The van der Waals surface area contributed by atoms with Crippen LogP contribution in [0.1, 0.15) is 6.92 Å². The summed E-state index contributed by atoms with van der Waals surface area (Å²) in [6, 6.07) is -0.362. The molecule has 2 aliphatic heterocycles. The Kier molecular flexibility index (Phi) is 1.69. The largest absolute Gasteiger partial charge is 0.328 e. The van der Waals surface area contributed by atoms with Crippen molar-refractivity contribution >= 4 is 5.91 Å². The maximum atomic E-state index is 11.5. The molecule has 66 valence electrons. The lowest BCUT2D eigenvalue weighted by Crippen LogP contribution is -2.60. The number of nitrogens with one attached hydrogen (secondary N) is 2. The summed E-state index contributed by atoms with van der Waals surface area (Å²) in [4.78, 5) is 13.2. The van der Waals surface area contributed by atoms with Crippen LogP contribution in [0, 0.1) is 0 Å². The van der Waals surface area contributed by atoms with Crippen LogP contribution in [0.5, 0.6) is 0 Å². The van der Waals surface area contributed by atoms with Gasteiger partial charge in [-0.15, -0.1) is 0 Å². The molecule has 0 bridgehead atoms. The van der Waals surface area contributed by atoms with Gasteiger partial charge in [-0.2, -0.15) is 5.11 Å². The highest BCUT2D eigenvalue weighted by molar-refractivity contribution is 5.83. The molecule has 2 aliphatic rings. The summed E-state index contributed by atoms with van der Waals surface area (Å²) in [6.45, 7) is 3.23. The molecule has 12 heavy (non-hydrogen) atoms. The number of hydrogen-bond acceptors (Lipinski definition) is 5. The molecular weight excluding hydrogens is 158 g/mol. The van der Waals surface area contributed by atoms with Gasteiger partial charge in [0.2, 0.25) is 0 Å². The monoisotopic (exact) mass is 169 g/mol. The lowest BCUT2D eigenvalue weighted by atomic mass is 10.2. The molecule has 0 aromatic heterocycles. The van der Waals surface area contributed by atoms with Gasteiger partial charge in [0.1, 0.15) is 6.17 Å². The van der Waals surface area contributed by atoms with E-state index in [0.29, 0.717) is 13.2 Å². The second-order valence-electron chi connectivity index (χ2n) is 2.82. The first kappa shape index (κ1) is 7.48. The Morgan fingerprint density at radius 3 is 3.33 bits per heavy atom. The van der Waals surface area contributed by atoms with Crippen molar-refractivity contribution in [1.82, 2.24) is 15.6 Å². The fraction of sp³-hybridized carbons (Fsp3) is 0.833. The molecule has 6 nitrogen and oxygen atoms in total. The van der Waals surface area contributed by atoms with Gasteiger partial charge in [-0.1, -0.05) is 5.22 Å². The predicted octanol–water partition coefficient (Wildman–Crippen LogP) is -0.939. The van der Waals surface area contributed by atoms with Crippen molar-refractivity contribution in [3.63, 3.8) is 0 Å². The molecule has 0 radical (unpaired) electrons. The minimum absolute atomic E-state index is 0.0509. The van der Waals surface area contributed by atoms with Gasteiger partial charge in [0.05, 0.1) is 6.67 Å². The third kappa shape index (κ3) is 0.953. The second-order valence-corrected chi connectivity index (χ2v) is 2.82. The van der Waals surface area contributed by atoms with Crippen molar-refractivity contribution in [2.24, 2.45) is 10.3 Å². The molecule has 0 saturated carbocycles. The Balaban J connectivity index is 2.12. The quantitative estimate of drug-likeness (QED) is 0.532. The molecule has 0 aromatic rings. The van der Waals surface area contributed by atoms with Gasteiger partial charge < -0.3 is 4.90 Å². The molecule has 1 fully saturated rings. The Labute approximate surface area is 70.0 Å². The number of hydrogen-bond donors (Lipinski definition) is 2. The third-order valence-electron chi connectivity index (χ3n) is 2.14. The molecule has 2 atom stereocenters. The second kappa shape index (κ2) is 2.71. The van der Waals surface area contributed by atoms with E-state index in [0.717, 1.165) is 0 Å². The van der Waals surface area contributed by atoms with E-state index in [9.17, 15) is 4.79 Å². The van der Waals surface area contributed by atoms with E-state index in [4.69, 9.17) is 0 Å². The standard InChI is InChI=1S/C6H11N5O/c1-2-11-3-7-5-4(6(11)12)8-10-9-5/h4-5,7H,2-3H2,1H3,(H,8,9). The van der Waals surface area contributed by atoms with Gasteiger partial charge in [-0.25, -0.2) is 0 Å². The Bertz CT molecular complexity index is 228.